The van der Waals surface area contributed by atoms with Crippen LogP contribution in [0.5, 0.6) is 5.75 Å². The van der Waals surface area contributed by atoms with Gasteiger partial charge in [0.25, 0.3) is 0 Å². The van der Waals surface area contributed by atoms with E-state index in [4.69, 9.17) is 0 Å². The van der Waals surface area contributed by atoms with E-state index in [1.807, 2.05) is 19.9 Å². The van der Waals surface area contributed by atoms with Crippen LogP contribution in [-0.4, -0.2) is 11.1 Å². The Hall–Kier alpha value is -1.18. The highest BCUT2D eigenvalue weighted by atomic mass is 16.3. The molecule has 0 heterocycles. The minimum absolute atomic E-state index is 0.427. The summed E-state index contributed by atoms with van der Waals surface area (Å²) in [6.45, 7) is 6.21. The van der Waals surface area contributed by atoms with Gasteiger partial charge in [0.05, 0.1) is 0 Å². The van der Waals surface area contributed by atoms with Crippen LogP contribution in [0.3, 0.4) is 0 Å². The van der Waals surface area contributed by atoms with E-state index < -0.39 is 0 Å². The average Bonchev–Trinajstić information content (AvgIpc) is 2.65. The SMILES string of the molecule is Cc1ccc(NC2CCCC2C)c(C)c1O. The molecule has 1 aromatic carbocycles. The molecule has 2 N–H and O–H groups in total. The van der Waals surface area contributed by atoms with Gasteiger partial charge in [-0.1, -0.05) is 19.4 Å². The van der Waals surface area contributed by atoms with Gasteiger partial charge in [-0.2, -0.15) is 0 Å². The Morgan fingerprint density at radius 2 is 2.00 bits per heavy atom. The third-order valence-corrected chi connectivity index (χ3v) is 3.84. The molecule has 2 atom stereocenters. The topological polar surface area (TPSA) is 32.3 Å². The minimum atomic E-state index is 0.427. The lowest BCUT2D eigenvalue weighted by atomic mass is 10.0. The van der Waals surface area contributed by atoms with Gasteiger partial charge in [-0.3, -0.25) is 0 Å². The van der Waals surface area contributed by atoms with Gasteiger partial charge in [0.15, 0.2) is 0 Å². The number of nitrogens with one attached hydrogen (secondary N) is 1. The standard InChI is InChI=1S/C14H21NO/c1-9-5-4-6-12(9)15-13-8-7-10(2)14(16)11(13)3/h7-9,12,15-16H,4-6H2,1-3H3. The van der Waals surface area contributed by atoms with Crippen LogP contribution in [0.15, 0.2) is 12.1 Å². The molecule has 16 heavy (non-hydrogen) atoms. The summed E-state index contributed by atoms with van der Waals surface area (Å²) >= 11 is 0. The van der Waals surface area contributed by atoms with Crippen LogP contribution in [0.4, 0.5) is 5.69 Å². The molecule has 2 unspecified atom stereocenters. The first-order valence-electron chi connectivity index (χ1n) is 6.15. The van der Waals surface area contributed by atoms with Crippen molar-refractivity contribution in [3.05, 3.63) is 23.3 Å². The van der Waals surface area contributed by atoms with Gasteiger partial charge >= 0.3 is 0 Å². The molecule has 0 amide bonds. The summed E-state index contributed by atoms with van der Waals surface area (Å²) in [6, 6.07) is 4.63. The minimum Gasteiger partial charge on any atom is -0.507 e. The Balaban J connectivity index is 2.18. The Kier molecular flexibility index (Phi) is 3.08. The molecule has 0 bridgehead atoms. The van der Waals surface area contributed by atoms with E-state index >= 15 is 0 Å². The van der Waals surface area contributed by atoms with Crippen LogP contribution in [-0.2, 0) is 0 Å². The highest BCUT2D eigenvalue weighted by Gasteiger charge is 2.23. The zero-order chi connectivity index (χ0) is 11.7. The van der Waals surface area contributed by atoms with Crippen molar-refractivity contribution in [1.29, 1.82) is 0 Å². The van der Waals surface area contributed by atoms with Crippen LogP contribution >= 0.6 is 0 Å². The number of aryl methyl sites for hydroxylation is 1. The Labute approximate surface area is 97.7 Å². The Morgan fingerprint density at radius 1 is 1.25 bits per heavy atom. The quantitative estimate of drug-likeness (QED) is 0.796. The van der Waals surface area contributed by atoms with E-state index in [0.717, 1.165) is 22.7 Å². The van der Waals surface area contributed by atoms with E-state index in [1.54, 1.807) is 0 Å². The second-order valence-electron chi connectivity index (χ2n) is 5.06. The maximum Gasteiger partial charge on any atom is 0.123 e. The van der Waals surface area contributed by atoms with E-state index in [0.29, 0.717) is 11.8 Å². The fourth-order valence-corrected chi connectivity index (χ4v) is 2.55. The molecule has 1 aromatic rings. The fraction of sp³-hybridized carbons (Fsp3) is 0.571. The van der Waals surface area contributed by atoms with Crippen molar-refractivity contribution in [2.24, 2.45) is 5.92 Å². The zero-order valence-electron chi connectivity index (χ0n) is 10.4. The average molecular weight is 219 g/mol. The molecule has 1 saturated carbocycles. The number of benzene rings is 1. The molecule has 0 saturated heterocycles. The van der Waals surface area contributed by atoms with Crippen LogP contribution in [0.2, 0.25) is 0 Å². The van der Waals surface area contributed by atoms with Crippen LogP contribution in [0, 0.1) is 19.8 Å². The smallest absolute Gasteiger partial charge is 0.123 e. The third-order valence-electron chi connectivity index (χ3n) is 3.84. The van der Waals surface area contributed by atoms with Crippen molar-refractivity contribution >= 4 is 5.69 Å². The first-order valence-corrected chi connectivity index (χ1v) is 6.15. The molecule has 2 heteroatoms. The van der Waals surface area contributed by atoms with E-state index in [-0.39, 0.29) is 0 Å². The summed E-state index contributed by atoms with van der Waals surface area (Å²) < 4.78 is 0. The number of rotatable bonds is 2. The van der Waals surface area contributed by atoms with Crippen LogP contribution < -0.4 is 5.32 Å². The monoisotopic (exact) mass is 219 g/mol. The Morgan fingerprint density at radius 3 is 2.62 bits per heavy atom. The van der Waals surface area contributed by atoms with Gasteiger partial charge in [0, 0.05) is 17.3 Å². The van der Waals surface area contributed by atoms with Crippen LogP contribution in [0.25, 0.3) is 0 Å². The molecule has 0 aliphatic heterocycles. The fourth-order valence-electron chi connectivity index (χ4n) is 2.55. The second kappa shape index (κ2) is 4.36. The summed E-state index contributed by atoms with van der Waals surface area (Å²) in [5.41, 5.74) is 3.00. The molecule has 1 fully saturated rings. The molecule has 1 aliphatic carbocycles. The molecule has 2 rings (SSSR count). The molecular weight excluding hydrogens is 198 g/mol. The number of phenolic OH excluding ortho intramolecular Hbond substituents is 1. The van der Waals surface area contributed by atoms with Crippen molar-refractivity contribution in [3.63, 3.8) is 0 Å². The van der Waals surface area contributed by atoms with Crippen molar-refractivity contribution in [2.45, 2.75) is 46.1 Å². The number of hydrogen-bond acceptors (Lipinski definition) is 2. The van der Waals surface area contributed by atoms with Gasteiger partial charge in [-0.05, 0) is 44.2 Å². The maximum atomic E-state index is 9.89. The van der Waals surface area contributed by atoms with Crippen molar-refractivity contribution < 1.29 is 5.11 Å². The van der Waals surface area contributed by atoms with Gasteiger partial charge in [-0.15, -0.1) is 0 Å². The molecule has 0 aromatic heterocycles. The zero-order valence-corrected chi connectivity index (χ0v) is 10.4. The summed E-state index contributed by atoms with van der Waals surface area (Å²) in [4.78, 5) is 0. The van der Waals surface area contributed by atoms with E-state index in [1.165, 1.54) is 19.3 Å². The first kappa shape index (κ1) is 11.3. The van der Waals surface area contributed by atoms with Crippen molar-refractivity contribution in [2.75, 3.05) is 5.32 Å². The maximum absolute atomic E-state index is 9.89. The molecular formula is C14H21NO. The highest BCUT2D eigenvalue weighted by Crippen LogP contribution is 2.32. The second-order valence-corrected chi connectivity index (χ2v) is 5.06. The predicted octanol–water partition coefficient (Wildman–Crippen LogP) is 3.61. The lowest BCUT2D eigenvalue weighted by Gasteiger charge is -2.21. The number of hydrogen-bond donors (Lipinski definition) is 2. The lowest BCUT2D eigenvalue weighted by Crippen LogP contribution is -2.22. The van der Waals surface area contributed by atoms with Gasteiger partial charge in [-0.25, -0.2) is 0 Å². The van der Waals surface area contributed by atoms with Gasteiger partial charge in [0.2, 0.25) is 0 Å². The summed E-state index contributed by atoms with van der Waals surface area (Å²) in [5, 5.41) is 13.5. The van der Waals surface area contributed by atoms with Crippen molar-refractivity contribution in [1.82, 2.24) is 0 Å². The molecule has 1 aliphatic rings. The normalized spacial score (nSPS) is 24.7. The van der Waals surface area contributed by atoms with E-state index in [9.17, 15) is 5.11 Å². The summed E-state index contributed by atoms with van der Waals surface area (Å²) in [5.74, 6) is 1.17. The molecule has 0 radical (unpaired) electrons. The van der Waals surface area contributed by atoms with Gasteiger partial charge < -0.3 is 10.4 Å². The molecule has 2 nitrogen and oxygen atoms in total. The van der Waals surface area contributed by atoms with E-state index in [2.05, 4.69) is 18.3 Å². The van der Waals surface area contributed by atoms with Crippen LogP contribution in [0.1, 0.15) is 37.3 Å². The number of aromatic hydroxyl groups is 1. The predicted molar refractivity (Wildman–Crippen MR) is 68.0 cm³/mol. The highest BCUT2D eigenvalue weighted by molar-refractivity contribution is 5.59. The summed E-state index contributed by atoms with van der Waals surface area (Å²) in [7, 11) is 0. The van der Waals surface area contributed by atoms with Crippen molar-refractivity contribution in [3.8, 4) is 5.75 Å². The lowest BCUT2D eigenvalue weighted by molar-refractivity contribution is 0.467. The molecule has 0 spiro atoms. The first-order chi connectivity index (χ1) is 7.59. The Bertz CT molecular complexity index is 387. The number of phenols is 1. The largest absolute Gasteiger partial charge is 0.507 e. The third kappa shape index (κ3) is 2.01. The van der Waals surface area contributed by atoms with Gasteiger partial charge in [0.1, 0.15) is 5.75 Å². The summed E-state index contributed by atoms with van der Waals surface area (Å²) in [6.07, 6.45) is 3.87. The number of anilines is 1. The molecule has 88 valence electrons.